The number of aliphatic hydroxyl groups excluding tert-OH is 4. The molecule has 0 heterocycles. The molecule has 0 aliphatic rings. The van der Waals surface area contributed by atoms with E-state index in [2.05, 4.69) is 0 Å². The van der Waals surface area contributed by atoms with Crippen LogP contribution in [-0.2, 0) is 0 Å². The summed E-state index contributed by atoms with van der Waals surface area (Å²) in [5.74, 6) is 4.71. The van der Waals surface area contributed by atoms with Crippen molar-refractivity contribution in [1.82, 2.24) is 5.43 Å². The Bertz CT molecular complexity index is 81.3. The van der Waals surface area contributed by atoms with E-state index in [1.165, 1.54) is 0 Å². The maximum atomic E-state index is 8.78. The molecule has 0 aliphatic heterocycles. The lowest BCUT2D eigenvalue weighted by molar-refractivity contribution is -0.0868. The van der Waals surface area contributed by atoms with E-state index in [4.69, 9.17) is 26.3 Å². The van der Waals surface area contributed by atoms with Crippen LogP contribution in [0.25, 0.3) is 0 Å². The highest BCUT2D eigenvalue weighted by molar-refractivity contribution is 4.70. The zero-order valence-electron chi connectivity index (χ0n) is 5.31. The van der Waals surface area contributed by atoms with Crippen molar-refractivity contribution < 1.29 is 20.4 Å². The van der Waals surface area contributed by atoms with Crippen LogP contribution in [0.3, 0.4) is 0 Å². The molecule has 62 valence electrons. The van der Waals surface area contributed by atoms with Crippen LogP contribution < -0.4 is 11.3 Å². The Balaban J connectivity index is 3.69. The van der Waals surface area contributed by atoms with Crippen LogP contribution in [0.15, 0.2) is 0 Å². The molecule has 0 aromatic rings. The Morgan fingerprint density at radius 1 is 1.30 bits per heavy atom. The van der Waals surface area contributed by atoms with Crippen LogP contribution in [0.2, 0.25) is 0 Å². The topological polar surface area (TPSA) is 119 Å². The first-order chi connectivity index (χ1) is 4.63. The molecule has 0 radical (unpaired) electrons. The molecule has 0 aromatic heterocycles. The summed E-state index contributed by atoms with van der Waals surface area (Å²) in [7, 11) is 0. The van der Waals surface area contributed by atoms with Crippen molar-refractivity contribution in [1.29, 1.82) is 0 Å². The Labute approximate surface area is 57.9 Å². The molecule has 0 aromatic carbocycles. The molecule has 10 heavy (non-hydrogen) atoms. The molecule has 0 saturated heterocycles. The fourth-order valence-corrected chi connectivity index (χ4v) is 0.417. The summed E-state index contributed by atoms with van der Waals surface area (Å²) in [6.07, 6.45) is -4.29. The minimum absolute atomic E-state index is 0.625. The van der Waals surface area contributed by atoms with E-state index in [0.717, 1.165) is 0 Å². The normalized spacial score (nSPS) is 20.1. The van der Waals surface area contributed by atoms with Crippen LogP contribution >= 0.6 is 0 Å². The third-order valence-corrected chi connectivity index (χ3v) is 1.08. The molecule has 6 nitrogen and oxygen atoms in total. The molecule has 0 fully saturated rings. The van der Waals surface area contributed by atoms with E-state index in [1.54, 1.807) is 0 Å². The first-order valence-electron chi connectivity index (χ1n) is 2.74. The van der Waals surface area contributed by atoms with Crippen molar-refractivity contribution in [3.63, 3.8) is 0 Å². The van der Waals surface area contributed by atoms with Crippen LogP contribution in [0.5, 0.6) is 0 Å². The number of hydrogen-bond donors (Lipinski definition) is 6. The molecule has 0 aliphatic carbocycles. The summed E-state index contributed by atoms with van der Waals surface area (Å²) in [6, 6.07) is 0. The minimum Gasteiger partial charge on any atom is -0.394 e. The molecular weight excluding hydrogens is 140 g/mol. The van der Waals surface area contributed by atoms with Crippen molar-refractivity contribution in [2.75, 3.05) is 6.61 Å². The quantitative estimate of drug-likeness (QED) is 0.141. The van der Waals surface area contributed by atoms with Crippen molar-refractivity contribution in [3.8, 4) is 0 Å². The number of hydrazine groups is 1. The van der Waals surface area contributed by atoms with Gasteiger partial charge in [-0.3, -0.25) is 5.84 Å². The van der Waals surface area contributed by atoms with Crippen molar-refractivity contribution in [2.45, 2.75) is 18.4 Å². The maximum Gasteiger partial charge on any atom is 0.145 e. The second kappa shape index (κ2) is 4.56. The molecule has 1 unspecified atom stereocenters. The average molecular weight is 152 g/mol. The number of aliphatic hydroxyl groups is 4. The van der Waals surface area contributed by atoms with Crippen molar-refractivity contribution in [2.24, 2.45) is 5.84 Å². The predicted octanol–water partition coefficient (Wildman–Crippen LogP) is -3.52. The minimum atomic E-state index is -1.48. The van der Waals surface area contributed by atoms with Crippen LogP contribution in [0.4, 0.5) is 0 Å². The maximum absolute atomic E-state index is 8.78. The standard InChI is InChI=1S/C4H12N2O4/c5-6-4(10)3(9)2(8)1-7/h2-4,6-10H,1,5H2/t2-,3+,4?/m1/s1. The molecule has 0 rings (SSSR count). The third kappa shape index (κ3) is 2.56. The average Bonchev–Trinajstić information content (AvgIpc) is 2.00. The van der Waals surface area contributed by atoms with E-state index in [0.29, 0.717) is 0 Å². The van der Waals surface area contributed by atoms with Crippen LogP contribution in [0, 0.1) is 0 Å². The van der Waals surface area contributed by atoms with E-state index in [1.807, 2.05) is 5.43 Å². The Morgan fingerprint density at radius 3 is 2.10 bits per heavy atom. The number of rotatable bonds is 4. The second-order valence-electron chi connectivity index (χ2n) is 1.85. The van der Waals surface area contributed by atoms with E-state index < -0.39 is 25.0 Å². The van der Waals surface area contributed by atoms with Crippen molar-refractivity contribution >= 4 is 0 Å². The Kier molecular flexibility index (Phi) is 4.45. The van der Waals surface area contributed by atoms with Gasteiger partial charge in [0.1, 0.15) is 18.4 Å². The fourth-order valence-electron chi connectivity index (χ4n) is 0.417. The lowest BCUT2D eigenvalue weighted by Gasteiger charge is -2.19. The molecule has 0 bridgehead atoms. The van der Waals surface area contributed by atoms with Gasteiger partial charge in [0.05, 0.1) is 6.61 Å². The van der Waals surface area contributed by atoms with E-state index in [9.17, 15) is 0 Å². The smallest absolute Gasteiger partial charge is 0.145 e. The molecule has 0 spiro atoms. The van der Waals surface area contributed by atoms with E-state index in [-0.39, 0.29) is 0 Å². The zero-order chi connectivity index (χ0) is 8.15. The summed E-state index contributed by atoms with van der Waals surface area (Å²) in [5, 5.41) is 34.4. The Hall–Kier alpha value is -0.240. The highest BCUT2D eigenvalue weighted by Crippen LogP contribution is 1.94. The van der Waals surface area contributed by atoms with Gasteiger partial charge in [-0.05, 0) is 0 Å². The number of nitrogens with two attached hydrogens (primary N) is 1. The summed E-state index contributed by atoms with van der Waals surface area (Å²) >= 11 is 0. The molecule has 3 atom stereocenters. The largest absolute Gasteiger partial charge is 0.394 e. The van der Waals surface area contributed by atoms with Gasteiger partial charge in [-0.25, -0.2) is 5.43 Å². The van der Waals surface area contributed by atoms with Gasteiger partial charge in [-0.15, -0.1) is 0 Å². The van der Waals surface area contributed by atoms with Gasteiger partial charge >= 0.3 is 0 Å². The number of hydrogen-bond acceptors (Lipinski definition) is 6. The van der Waals surface area contributed by atoms with Gasteiger partial charge in [0.25, 0.3) is 0 Å². The zero-order valence-corrected chi connectivity index (χ0v) is 5.31. The van der Waals surface area contributed by atoms with Crippen LogP contribution in [0.1, 0.15) is 0 Å². The molecule has 7 N–H and O–H groups in total. The SMILES string of the molecule is NNC(O)[C@@H](O)[C@H](O)CO. The summed E-state index contributed by atoms with van der Waals surface area (Å²) in [5.41, 5.74) is 1.81. The summed E-state index contributed by atoms with van der Waals surface area (Å²) in [6.45, 7) is -0.625. The monoisotopic (exact) mass is 152 g/mol. The highest BCUT2D eigenvalue weighted by atomic mass is 16.4. The van der Waals surface area contributed by atoms with Gasteiger partial charge in [0.15, 0.2) is 0 Å². The lowest BCUT2D eigenvalue weighted by Crippen LogP contribution is -2.50. The predicted molar refractivity (Wildman–Crippen MR) is 32.4 cm³/mol. The van der Waals surface area contributed by atoms with E-state index >= 15 is 0 Å². The molecule has 0 amide bonds. The second-order valence-corrected chi connectivity index (χ2v) is 1.85. The summed E-state index contributed by atoms with van der Waals surface area (Å²) < 4.78 is 0. The number of nitrogens with one attached hydrogen (secondary N) is 1. The first-order valence-corrected chi connectivity index (χ1v) is 2.74. The molecular formula is C4H12N2O4. The fraction of sp³-hybridized carbons (Fsp3) is 1.00. The molecule has 6 heteroatoms. The summed E-state index contributed by atoms with van der Waals surface area (Å²) in [4.78, 5) is 0. The third-order valence-electron chi connectivity index (χ3n) is 1.08. The van der Waals surface area contributed by atoms with Gasteiger partial charge in [-0.2, -0.15) is 0 Å². The lowest BCUT2D eigenvalue weighted by atomic mass is 10.2. The van der Waals surface area contributed by atoms with Gasteiger partial charge < -0.3 is 20.4 Å². The Morgan fingerprint density at radius 2 is 1.80 bits per heavy atom. The van der Waals surface area contributed by atoms with Gasteiger partial charge in [0.2, 0.25) is 0 Å². The van der Waals surface area contributed by atoms with Gasteiger partial charge in [-0.1, -0.05) is 0 Å². The van der Waals surface area contributed by atoms with Crippen LogP contribution in [-0.4, -0.2) is 45.5 Å². The molecule has 0 saturated carbocycles. The van der Waals surface area contributed by atoms with Gasteiger partial charge in [0, 0.05) is 0 Å². The highest BCUT2D eigenvalue weighted by Gasteiger charge is 2.22. The first kappa shape index (κ1) is 9.76. The van der Waals surface area contributed by atoms with Crippen molar-refractivity contribution in [3.05, 3.63) is 0 Å².